The molecule has 2 aromatic heterocycles. The number of nitrogens with one attached hydrogen (secondary N) is 1. The molecule has 14 heavy (non-hydrogen) atoms. The van der Waals surface area contributed by atoms with Crippen molar-refractivity contribution >= 4 is 11.0 Å². The van der Waals surface area contributed by atoms with E-state index in [9.17, 15) is 0 Å². The summed E-state index contributed by atoms with van der Waals surface area (Å²) < 4.78 is 1.81. The van der Waals surface area contributed by atoms with Crippen LogP contribution < -0.4 is 5.32 Å². The molecule has 0 amide bonds. The highest BCUT2D eigenvalue weighted by atomic mass is 15.3. The molecular formula is C10H14N4. The lowest BCUT2D eigenvalue weighted by atomic mass is 10.2. The standard InChI is InChI=1S/C10H14N4/c1-7-9-4-8(5-11-2)6-12-10(9)14(3)13-7/h4,6,11H,5H2,1-3H3. The van der Waals surface area contributed by atoms with Crippen LogP contribution in [0.25, 0.3) is 11.0 Å². The van der Waals surface area contributed by atoms with Crippen molar-refractivity contribution in [2.75, 3.05) is 7.05 Å². The molecule has 2 heterocycles. The number of nitrogens with zero attached hydrogens (tertiary/aromatic N) is 3. The molecule has 0 spiro atoms. The van der Waals surface area contributed by atoms with Gasteiger partial charge in [-0.1, -0.05) is 0 Å². The number of rotatable bonds is 2. The Morgan fingerprint density at radius 1 is 1.50 bits per heavy atom. The average Bonchev–Trinajstić information content (AvgIpc) is 2.43. The van der Waals surface area contributed by atoms with Crippen molar-refractivity contribution < 1.29 is 0 Å². The van der Waals surface area contributed by atoms with Crippen molar-refractivity contribution in [3.63, 3.8) is 0 Å². The summed E-state index contributed by atoms with van der Waals surface area (Å²) in [5.74, 6) is 0. The second-order valence-electron chi connectivity index (χ2n) is 3.45. The topological polar surface area (TPSA) is 42.7 Å². The lowest BCUT2D eigenvalue weighted by molar-refractivity contribution is 0.772. The summed E-state index contributed by atoms with van der Waals surface area (Å²) in [6, 6.07) is 2.14. The van der Waals surface area contributed by atoms with E-state index in [1.165, 1.54) is 5.56 Å². The number of hydrogen-bond donors (Lipinski definition) is 1. The molecule has 0 aliphatic heterocycles. The van der Waals surface area contributed by atoms with Gasteiger partial charge in [-0.15, -0.1) is 0 Å². The van der Waals surface area contributed by atoms with Gasteiger partial charge < -0.3 is 5.32 Å². The van der Waals surface area contributed by atoms with Crippen LogP contribution in [0.15, 0.2) is 12.3 Å². The predicted octanol–water partition coefficient (Wildman–Crippen LogP) is 0.996. The van der Waals surface area contributed by atoms with E-state index in [4.69, 9.17) is 0 Å². The first-order valence-corrected chi connectivity index (χ1v) is 4.65. The Labute approximate surface area is 82.9 Å². The Hall–Kier alpha value is -1.42. The van der Waals surface area contributed by atoms with E-state index in [2.05, 4.69) is 21.5 Å². The van der Waals surface area contributed by atoms with Gasteiger partial charge in [-0.3, -0.25) is 4.68 Å². The maximum Gasteiger partial charge on any atom is 0.157 e. The van der Waals surface area contributed by atoms with Gasteiger partial charge >= 0.3 is 0 Å². The molecule has 1 N–H and O–H groups in total. The summed E-state index contributed by atoms with van der Waals surface area (Å²) in [6.07, 6.45) is 1.89. The number of fused-ring (bicyclic) bond motifs is 1. The molecule has 0 aromatic carbocycles. The smallest absolute Gasteiger partial charge is 0.157 e. The van der Waals surface area contributed by atoms with Crippen LogP contribution in [0.3, 0.4) is 0 Å². The molecule has 4 nitrogen and oxygen atoms in total. The Morgan fingerprint density at radius 3 is 3.00 bits per heavy atom. The van der Waals surface area contributed by atoms with Gasteiger partial charge in [0.1, 0.15) is 0 Å². The lowest BCUT2D eigenvalue weighted by Gasteiger charge is -1.99. The number of aryl methyl sites for hydroxylation is 2. The van der Waals surface area contributed by atoms with Crippen molar-refractivity contribution in [1.82, 2.24) is 20.1 Å². The zero-order valence-electron chi connectivity index (χ0n) is 8.70. The molecule has 0 radical (unpaired) electrons. The second-order valence-corrected chi connectivity index (χ2v) is 3.45. The van der Waals surface area contributed by atoms with Gasteiger partial charge in [-0.25, -0.2) is 4.98 Å². The molecule has 0 aliphatic carbocycles. The summed E-state index contributed by atoms with van der Waals surface area (Å²) >= 11 is 0. The zero-order valence-corrected chi connectivity index (χ0v) is 8.70. The Morgan fingerprint density at radius 2 is 2.29 bits per heavy atom. The molecule has 0 bridgehead atoms. The van der Waals surface area contributed by atoms with Crippen molar-refractivity contribution in [1.29, 1.82) is 0 Å². The Kier molecular flexibility index (Phi) is 2.21. The molecule has 0 saturated carbocycles. The molecule has 0 saturated heterocycles. The van der Waals surface area contributed by atoms with E-state index in [0.717, 1.165) is 23.3 Å². The third kappa shape index (κ3) is 1.37. The maximum absolute atomic E-state index is 4.38. The first-order valence-electron chi connectivity index (χ1n) is 4.65. The molecular weight excluding hydrogens is 176 g/mol. The molecule has 0 atom stereocenters. The molecule has 2 rings (SSSR count). The van der Waals surface area contributed by atoms with Crippen LogP contribution in [0.4, 0.5) is 0 Å². The van der Waals surface area contributed by atoms with Gasteiger partial charge in [0.25, 0.3) is 0 Å². The average molecular weight is 190 g/mol. The molecule has 0 unspecified atom stereocenters. The lowest BCUT2D eigenvalue weighted by Crippen LogP contribution is -2.05. The van der Waals surface area contributed by atoms with E-state index in [-0.39, 0.29) is 0 Å². The van der Waals surface area contributed by atoms with Crippen LogP contribution in [-0.2, 0) is 13.6 Å². The third-order valence-corrected chi connectivity index (χ3v) is 2.30. The largest absolute Gasteiger partial charge is 0.316 e. The quantitative estimate of drug-likeness (QED) is 0.768. The molecule has 74 valence electrons. The third-order valence-electron chi connectivity index (χ3n) is 2.30. The summed E-state index contributed by atoms with van der Waals surface area (Å²) in [4.78, 5) is 4.38. The molecule has 0 aliphatic rings. The zero-order chi connectivity index (χ0) is 10.1. The fraction of sp³-hybridized carbons (Fsp3) is 0.400. The van der Waals surface area contributed by atoms with Gasteiger partial charge in [0.2, 0.25) is 0 Å². The highest BCUT2D eigenvalue weighted by molar-refractivity contribution is 5.78. The predicted molar refractivity (Wildman–Crippen MR) is 56.0 cm³/mol. The van der Waals surface area contributed by atoms with E-state index in [1.807, 2.05) is 31.9 Å². The second kappa shape index (κ2) is 3.38. The summed E-state index contributed by atoms with van der Waals surface area (Å²) in [7, 11) is 3.85. The van der Waals surface area contributed by atoms with Crippen LogP contribution in [0.5, 0.6) is 0 Å². The monoisotopic (exact) mass is 190 g/mol. The van der Waals surface area contributed by atoms with Gasteiger partial charge in [-0.2, -0.15) is 5.10 Å². The normalized spacial score (nSPS) is 11.1. The van der Waals surface area contributed by atoms with E-state index in [1.54, 1.807) is 0 Å². The van der Waals surface area contributed by atoms with Crippen molar-refractivity contribution in [2.45, 2.75) is 13.5 Å². The highest BCUT2D eigenvalue weighted by Gasteiger charge is 2.05. The van der Waals surface area contributed by atoms with Crippen molar-refractivity contribution in [2.24, 2.45) is 7.05 Å². The summed E-state index contributed by atoms with van der Waals surface area (Å²) in [5.41, 5.74) is 3.17. The van der Waals surface area contributed by atoms with Crippen LogP contribution in [0, 0.1) is 6.92 Å². The van der Waals surface area contributed by atoms with Crippen LogP contribution in [0.2, 0.25) is 0 Å². The van der Waals surface area contributed by atoms with E-state index >= 15 is 0 Å². The highest BCUT2D eigenvalue weighted by Crippen LogP contribution is 2.16. The molecule has 2 aromatic rings. The number of pyridine rings is 1. The van der Waals surface area contributed by atoms with Gasteiger partial charge in [0.05, 0.1) is 5.69 Å². The van der Waals surface area contributed by atoms with Gasteiger partial charge in [-0.05, 0) is 25.6 Å². The SMILES string of the molecule is CNCc1cnc2c(c1)c(C)nn2C. The molecule has 4 heteroatoms. The molecule has 0 fully saturated rings. The van der Waals surface area contributed by atoms with E-state index in [0.29, 0.717) is 0 Å². The van der Waals surface area contributed by atoms with Gasteiger partial charge in [0.15, 0.2) is 5.65 Å². The fourth-order valence-electron chi connectivity index (χ4n) is 1.65. The number of hydrogen-bond acceptors (Lipinski definition) is 3. The van der Waals surface area contributed by atoms with Crippen LogP contribution in [-0.4, -0.2) is 21.8 Å². The van der Waals surface area contributed by atoms with Crippen LogP contribution >= 0.6 is 0 Å². The Bertz CT molecular complexity index is 458. The fourth-order valence-corrected chi connectivity index (χ4v) is 1.65. The van der Waals surface area contributed by atoms with Gasteiger partial charge in [0, 0.05) is 25.2 Å². The minimum absolute atomic E-state index is 0.845. The summed E-state index contributed by atoms with van der Waals surface area (Å²) in [5, 5.41) is 8.57. The van der Waals surface area contributed by atoms with Crippen molar-refractivity contribution in [3.8, 4) is 0 Å². The van der Waals surface area contributed by atoms with Crippen molar-refractivity contribution in [3.05, 3.63) is 23.5 Å². The number of aromatic nitrogens is 3. The first kappa shape index (κ1) is 9.15. The van der Waals surface area contributed by atoms with E-state index < -0.39 is 0 Å². The summed E-state index contributed by atoms with van der Waals surface area (Å²) in [6.45, 7) is 2.85. The minimum atomic E-state index is 0.845. The minimum Gasteiger partial charge on any atom is -0.316 e. The van der Waals surface area contributed by atoms with Crippen LogP contribution in [0.1, 0.15) is 11.3 Å². The first-order chi connectivity index (χ1) is 6.72. The maximum atomic E-state index is 4.38. The Balaban J connectivity index is 2.59.